The Morgan fingerprint density at radius 3 is 1.56 bits per heavy atom. The number of Topliss-reactive ketones (excluding diaryl/α,β-unsaturated/α-hetero) is 2. The molecule has 0 amide bonds. The molecule has 6 nitrogen and oxygen atoms in total. The van der Waals surface area contributed by atoms with Crippen LogP contribution in [0.3, 0.4) is 0 Å². The lowest BCUT2D eigenvalue weighted by atomic mass is 9.88. The van der Waals surface area contributed by atoms with E-state index in [1.807, 2.05) is 24.3 Å². The largest absolute Gasteiger partial charge is 0.383 e. The van der Waals surface area contributed by atoms with E-state index in [0.717, 1.165) is 89.0 Å². The highest BCUT2D eigenvalue weighted by Gasteiger charge is 2.24. The zero-order chi connectivity index (χ0) is 30.4. The predicted octanol–water partition coefficient (Wildman–Crippen LogP) is 7.32. The van der Waals surface area contributed by atoms with Crippen LogP contribution in [-0.4, -0.2) is 80.6 Å². The van der Waals surface area contributed by atoms with Crippen molar-refractivity contribution in [3.8, 4) is 0 Å². The molecule has 2 fully saturated rings. The zero-order valence-electron chi connectivity index (χ0n) is 25.3. The predicted molar refractivity (Wildman–Crippen MR) is 169 cm³/mol. The number of nitrogens with zero attached hydrogens (tertiary/aromatic N) is 2. The maximum Gasteiger partial charge on any atom is 0.161 e. The number of ether oxygens (including phenoxy) is 1. The van der Waals surface area contributed by atoms with Crippen molar-refractivity contribution in [2.45, 2.75) is 65.2 Å². The van der Waals surface area contributed by atoms with Gasteiger partial charge in [-0.05, 0) is 114 Å². The Morgan fingerprint density at radius 2 is 1.22 bits per heavy atom. The second-order valence-corrected chi connectivity index (χ2v) is 11.3. The van der Waals surface area contributed by atoms with E-state index in [2.05, 4.69) is 28.9 Å². The number of methoxy groups -OCH3 is 1. The Bertz CT molecular complexity index is 1120. The molecule has 0 aromatic heterocycles. The molecule has 4 rings (SSSR count). The van der Waals surface area contributed by atoms with Crippen molar-refractivity contribution in [3.63, 3.8) is 0 Å². The maximum absolute atomic E-state index is 11.6. The Balaban J connectivity index is 0.000000263. The molecule has 0 unspecified atom stereocenters. The van der Waals surface area contributed by atoms with Gasteiger partial charge in [-0.25, -0.2) is 0 Å². The summed E-state index contributed by atoms with van der Waals surface area (Å²) in [7, 11) is 1.74. The summed E-state index contributed by atoms with van der Waals surface area (Å²) in [5, 5.41) is 1.32. The molecule has 2 aromatic rings. The number of carbonyl (C=O) groups is 3. The number of hydrogen-bond acceptors (Lipinski definition) is 6. The molecular weight excluding hydrogens is 559 g/mol. The van der Waals surface area contributed by atoms with E-state index in [-0.39, 0.29) is 11.6 Å². The van der Waals surface area contributed by atoms with Crippen LogP contribution in [0.2, 0.25) is 10.0 Å². The average Bonchev–Trinajstić information content (AvgIpc) is 2.97. The number of ketones is 2. The van der Waals surface area contributed by atoms with Crippen LogP contribution in [-0.2, 0) is 9.53 Å². The monoisotopic (exact) mass is 604 g/mol. The summed E-state index contributed by atoms with van der Waals surface area (Å²) in [4.78, 5) is 36.8. The van der Waals surface area contributed by atoms with Gasteiger partial charge in [-0.2, -0.15) is 0 Å². The number of carbonyl (C=O) groups excluding carboxylic acids is 3. The highest BCUT2D eigenvalue weighted by molar-refractivity contribution is 6.35. The molecule has 0 spiro atoms. The molecule has 2 saturated heterocycles. The first-order valence-corrected chi connectivity index (χ1v) is 15.4. The van der Waals surface area contributed by atoms with Crippen molar-refractivity contribution in [2.75, 3.05) is 53.0 Å². The highest BCUT2D eigenvalue weighted by atomic mass is 35.5. The van der Waals surface area contributed by atoms with Crippen molar-refractivity contribution in [3.05, 3.63) is 68.7 Å². The Hall–Kier alpha value is -2.09. The second-order valence-electron chi connectivity index (χ2n) is 10.6. The van der Waals surface area contributed by atoms with Crippen molar-refractivity contribution in [1.82, 2.24) is 9.80 Å². The van der Waals surface area contributed by atoms with E-state index in [1.54, 1.807) is 21.0 Å². The molecule has 0 bridgehead atoms. The number of likely N-dealkylation sites (tertiary alicyclic amines) is 2. The summed E-state index contributed by atoms with van der Waals surface area (Å²) >= 11 is 12.8. The number of halogens is 2. The first-order chi connectivity index (χ1) is 19.7. The molecule has 0 saturated carbocycles. The van der Waals surface area contributed by atoms with Gasteiger partial charge in [-0.3, -0.25) is 9.59 Å². The SMILES string of the molecule is CC=O.CCN1CCC(c2cccc(C(C)=O)c2Cl)CC1.COCCN1CCC(c2cccc(C(C)=O)c2Cl)CC1. The highest BCUT2D eigenvalue weighted by Crippen LogP contribution is 2.35. The first kappa shape index (κ1) is 35.1. The van der Waals surface area contributed by atoms with Crippen LogP contribution in [0, 0.1) is 0 Å². The van der Waals surface area contributed by atoms with Crippen molar-refractivity contribution in [1.29, 1.82) is 0 Å². The van der Waals surface area contributed by atoms with Crippen molar-refractivity contribution < 1.29 is 19.1 Å². The number of aldehydes is 1. The average molecular weight is 606 g/mol. The van der Waals surface area contributed by atoms with Gasteiger partial charge in [0.1, 0.15) is 6.29 Å². The van der Waals surface area contributed by atoms with E-state index < -0.39 is 0 Å². The lowest BCUT2D eigenvalue weighted by Crippen LogP contribution is -2.35. The Kier molecular flexibility index (Phi) is 15.8. The summed E-state index contributed by atoms with van der Waals surface area (Å²) in [6, 6.07) is 11.6. The Labute approximate surface area is 256 Å². The molecule has 0 radical (unpaired) electrons. The van der Waals surface area contributed by atoms with Gasteiger partial charge in [-0.15, -0.1) is 0 Å². The molecular formula is C33H46Cl2N2O4. The van der Waals surface area contributed by atoms with Gasteiger partial charge in [-0.1, -0.05) is 54.4 Å². The third kappa shape index (κ3) is 10.6. The van der Waals surface area contributed by atoms with Crippen molar-refractivity contribution in [2.24, 2.45) is 0 Å². The number of benzene rings is 2. The molecule has 2 aliphatic heterocycles. The summed E-state index contributed by atoms with van der Waals surface area (Å²) < 4.78 is 5.12. The molecule has 0 atom stereocenters. The minimum absolute atomic E-state index is 0.0365. The van der Waals surface area contributed by atoms with E-state index in [1.165, 1.54) is 6.92 Å². The van der Waals surface area contributed by atoms with Crippen LogP contribution in [0.4, 0.5) is 0 Å². The van der Waals surface area contributed by atoms with Gasteiger partial charge >= 0.3 is 0 Å². The molecule has 41 heavy (non-hydrogen) atoms. The lowest BCUT2D eigenvalue weighted by molar-refractivity contribution is -0.106. The zero-order valence-corrected chi connectivity index (χ0v) is 26.8. The fraction of sp³-hybridized carbons (Fsp3) is 0.545. The maximum atomic E-state index is 11.6. The number of piperidine rings is 2. The summed E-state index contributed by atoms with van der Waals surface area (Å²) in [5.41, 5.74) is 3.59. The molecule has 2 heterocycles. The first-order valence-electron chi connectivity index (χ1n) is 14.6. The summed E-state index contributed by atoms with van der Waals surface area (Å²) in [6.45, 7) is 14.1. The van der Waals surface area contributed by atoms with E-state index in [0.29, 0.717) is 33.0 Å². The second kappa shape index (κ2) is 18.4. The van der Waals surface area contributed by atoms with Crippen LogP contribution in [0.25, 0.3) is 0 Å². The minimum atomic E-state index is 0.0365. The summed E-state index contributed by atoms with van der Waals surface area (Å²) in [6.07, 6.45) is 5.19. The van der Waals surface area contributed by atoms with Gasteiger partial charge in [0.2, 0.25) is 0 Å². The quantitative estimate of drug-likeness (QED) is 0.232. The fourth-order valence-corrected chi connectivity index (χ4v) is 6.35. The van der Waals surface area contributed by atoms with Crippen LogP contribution in [0.15, 0.2) is 36.4 Å². The fourth-order valence-electron chi connectivity index (χ4n) is 5.52. The van der Waals surface area contributed by atoms with Crippen LogP contribution in [0.1, 0.15) is 97.1 Å². The molecule has 2 aromatic carbocycles. The van der Waals surface area contributed by atoms with Crippen LogP contribution < -0.4 is 0 Å². The summed E-state index contributed by atoms with van der Waals surface area (Å²) in [5.74, 6) is 1.04. The van der Waals surface area contributed by atoms with Crippen LogP contribution in [0.5, 0.6) is 0 Å². The Morgan fingerprint density at radius 1 is 0.829 bits per heavy atom. The van der Waals surface area contributed by atoms with Gasteiger partial charge in [0, 0.05) is 24.8 Å². The van der Waals surface area contributed by atoms with E-state index in [9.17, 15) is 9.59 Å². The molecule has 226 valence electrons. The standard InChI is InChI=1S/C16H22ClNO2.C15H20ClNO.C2H4O/c1-12(19)14-4-3-5-15(16(14)17)13-6-8-18(9-7-13)10-11-20-2;1-3-17-9-7-12(8-10-17)14-6-4-5-13(11(2)18)15(14)16;1-2-3/h3-5,13H,6-11H2,1-2H3;4-6,12H,3,7-10H2,1-2H3;2H,1H3. The topological polar surface area (TPSA) is 66.9 Å². The molecule has 0 N–H and O–H groups in total. The minimum Gasteiger partial charge on any atom is -0.383 e. The van der Waals surface area contributed by atoms with Gasteiger partial charge < -0.3 is 19.3 Å². The third-order valence-corrected chi connectivity index (χ3v) is 8.77. The molecule has 0 aliphatic carbocycles. The molecule has 8 heteroatoms. The van der Waals surface area contributed by atoms with E-state index >= 15 is 0 Å². The molecule has 2 aliphatic rings. The number of rotatable bonds is 8. The van der Waals surface area contributed by atoms with E-state index in [4.69, 9.17) is 32.7 Å². The van der Waals surface area contributed by atoms with Gasteiger partial charge in [0.05, 0.1) is 16.7 Å². The van der Waals surface area contributed by atoms with Crippen LogP contribution >= 0.6 is 23.2 Å². The smallest absolute Gasteiger partial charge is 0.161 e. The third-order valence-electron chi connectivity index (χ3n) is 7.93. The number of hydrogen-bond donors (Lipinski definition) is 0. The normalized spacial score (nSPS) is 16.7. The van der Waals surface area contributed by atoms with Gasteiger partial charge in [0.15, 0.2) is 11.6 Å². The lowest BCUT2D eigenvalue weighted by Gasteiger charge is -2.32. The van der Waals surface area contributed by atoms with Crippen molar-refractivity contribution >= 4 is 41.1 Å². The van der Waals surface area contributed by atoms with Gasteiger partial charge in [0.25, 0.3) is 0 Å².